The van der Waals surface area contributed by atoms with E-state index in [9.17, 15) is 10.1 Å². The van der Waals surface area contributed by atoms with Crippen molar-refractivity contribution in [2.75, 3.05) is 0 Å². The summed E-state index contributed by atoms with van der Waals surface area (Å²) in [6.45, 7) is 2.95. The standard InChI is InChI=1S/C24H21BrIN3O2/c1-2-21-27-23(15-9-10-15)24(26)28(21)13-14-7-8-16-12-19(22(25)18(16)11-14)17-5-3-4-6-20(17)29(30)31/h3-8,11,15H,2,9-10,12-13H2,1H3. The van der Waals surface area contributed by atoms with E-state index in [0.29, 0.717) is 17.9 Å². The lowest BCUT2D eigenvalue weighted by Gasteiger charge is -2.10. The van der Waals surface area contributed by atoms with Gasteiger partial charge in [0.1, 0.15) is 9.53 Å². The highest BCUT2D eigenvalue weighted by atomic mass is 127. The number of para-hydroxylation sites is 1. The van der Waals surface area contributed by atoms with Gasteiger partial charge in [0.15, 0.2) is 0 Å². The summed E-state index contributed by atoms with van der Waals surface area (Å²) in [5.41, 5.74) is 6.60. The fraction of sp³-hybridized carbons (Fsp3) is 0.292. The molecule has 0 radical (unpaired) electrons. The monoisotopic (exact) mass is 589 g/mol. The Hall–Kier alpha value is -2.00. The minimum atomic E-state index is -0.304. The van der Waals surface area contributed by atoms with Crippen molar-refractivity contribution in [3.05, 3.63) is 90.1 Å². The predicted molar refractivity (Wildman–Crippen MR) is 134 cm³/mol. The van der Waals surface area contributed by atoms with E-state index >= 15 is 0 Å². The van der Waals surface area contributed by atoms with Crippen molar-refractivity contribution in [1.82, 2.24) is 9.55 Å². The zero-order chi connectivity index (χ0) is 21.7. The van der Waals surface area contributed by atoms with E-state index in [4.69, 9.17) is 4.98 Å². The summed E-state index contributed by atoms with van der Waals surface area (Å²) >= 11 is 6.20. The van der Waals surface area contributed by atoms with E-state index in [1.165, 1.54) is 33.4 Å². The lowest BCUT2D eigenvalue weighted by Crippen LogP contribution is -2.07. The largest absolute Gasteiger partial charge is 0.319 e. The summed E-state index contributed by atoms with van der Waals surface area (Å²) in [7, 11) is 0. The molecule has 2 aliphatic carbocycles. The van der Waals surface area contributed by atoms with Gasteiger partial charge in [-0.1, -0.05) is 31.2 Å². The lowest BCUT2D eigenvalue weighted by atomic mass is 10.0. The second-order valence-electron chi connectivity index (χ2n) is 8.15. The molecule has 0 saturated heterocycles. The molecule has 7 heteroatoms. The quantitative estimate of drug-likeness (QED) is 0.182. The second-order valence-corrected chi connectivity index (χ2v) is 9.97. The molecule has 0 bridgehead atoms. The molecule has 0 N–H and O–H groups in total. The second kappa shape index (κ2) is 8.16. The predicted octanol–water partition coefficient (Wildman–Crippen LogP) is 6.70. The molecule has 5 rings (SSSR count). The molecule has 1 aromatic heterocycles. The topological polar surface area (TPSA) is 61.0 Å². The lowest BCUT2D eigenvalue weighted by molar-refractivity contribution is -0.385. The smallest absolute Gasteiger partial charge is 0.276 e. The summed E-state index contributed by atoms with van der Waals surface area (Å²) in [5.74, 6) is 1.78. The van der Waals surface area contributed by atoms with Crippen LogP contribution in [0.15, 0.2) is 42.5 Å². The Kier molecular flexibility index (Phi) is 5.50. The van der Waals surface area contributed by atoms with Crippen molar-refractivity contribution in [2.24, 2.45) is 0 Å². The molecule has 3 aromatic rings. The van der Waals surface area contributed by atoms with Crippen LogP contribution in [0.1, 0.15) is 59.5 Å². The van der Waals surface area contributed by atoms with Gasteiger partial charge in [-0.15, -0.1) is 0 Å². The molecule has 158 valence electrons. The number of allylic oxidation sites excluding steroid dienone is 1. The van der Waals surface area contributed by atoms with E-state index in [1.54, 1.807) is 12.1 Å². The number of nitrogens with zero attached hydrogens (tertiary/aromatic N) is 3. The summed E-state index contributed by atoms with van der Waals surface area (Å²) < 4.78 is 4.55. The number of hydrogen-bond donors (Lipinski definition) is 0. The molecule has 0 spiro atoms. The first-order valence-electron chi connectivity index (χ1n) is 10.5. The summed E-state index contributed by atoms with van der Waals surface area (Å²) in [5, 5.41) is 11.5. The Labute approximate surface area is 203 Å². The summed E-state index contributed by atoms with van der Waals surface area (Å²) in [6.07, 6.45) is 4.11. The van der Waals surface area contributed by atoms with Gasteiger partial charge in [0, 0.05) is 35.9 Å². The zero-order valence-electron chi connectivity index (χ0n) is 17.1. The van der Waals surface area contributed by atoms with Gasteiger partial charge >= 0.3 is 0 Å². The number of imidazole rings is 1. The number of nitro groups is 1. The van der Waals surface area contributed by atoms with Crippen molar-refractivity contribution in [2.45, 2.75) is 45.1 Å². The highest BCUT2D eigenvalue weighted by Crippen LogP contribution is 2.45. The van der Waals surface area contributed by atoms with Crippen LogP contribution in [0.25, 0.3) is 10.1 Å². The van der Waals surface area contributed by atoms with Gasteiger partial charge in [-0.2, -0.15) is 0 Å². The van der Waals surface area contributed by atoms with Crippen molar-refractivity contribution in [3.63, 3.8) is 0 Å². The third kappa shape index (κ3) is 3.75. The average molecular weight is 590 g/mol. The zero-order valence-corrected chi connectivity index (χ0v) is 20.8. The van der Waals surface area contributed by atoms with Crippen LogP contribution < -0.4 is 0 Å². The SMILES string of the molecule is CCc1nc(C2CC2)c(I)n1Cc1ccc2c(c1)C(Br)=C(c1ccccc1[N+](=O)[O-])C2. The van der Waals surface area contributed by atoms with Crippen LogP contribution in [0.2, 0.25) is 0 Å². The summed E-state index contributed by atoms with van der Waals surface area (Å²) in [4.78, 5) is 16.1. The third-order valence-electron chi connectivity index (χ3n) is 6.10. The average Bonchev–Trinajstić information content (AvgIpc) is 3.50. The molecule has 1 fully saturated rings. The molecular formula is C24H21BrIN3O2. The maximum Gasteiger partial charge on any atom is 0.276 e. The highest BCUT2D eigenvalue weighted by Gasteiger charge is 2.31. The first-order valence-corrected chi connectivity index (χ1v) is 12.3. The van der Waals surface area contributed by atoms with E-state index in [-0.39, 0.29) is 10.6 Å². The highest BCUT2D eigenvalue weighted by molar-refractivity contribution is 14.1. The van der Waals surface area contributed by atoms with Crippen LogP contribution in [0.5, 0.6) is 0 Å². The van der Waals surface area contributed by atoms with Gasteiger partial charge in [-0.3, -0.25) is 10.1 Å². The maximum atomic E-state index is 11.5. The molecule has 1 heterocycles. The fourth-order valence-electron chi connectivity index (χ4n) is 4.34. The molecule has 0 atom stereocenters. The Morgan fingerprint density at radius 3 is 2.71 bits per heavy atom. The third-order valence-corrected chi connectivity index (χ3v) is 8.14. The van der Waals surface area contributed by atoms with Crippen molar-refractivity contribution in [3.8, 4) is 0 Å². The van der Waals surface area contributed by atoms with Crippen LogP contribution in [-0.2, 0) is 19.4 Å². The number of halogens is 2. The normalized spacial score (nSPS) is 15.5. The Morgan fingerprint density at radius 2 is 2.00 bits per heavy atom. The van der Waals surface area contributed by atoms with Crippen LogP contribution in [0.3, 0.4) is 0 Å². The summed E-state index contributed by atoms with van der Waals surface area (Å²) in [6, 6.07) is 13.5. The minimum absolute atomic E-state index is 0.149. The first kappa shape index (κ1) is 20.9. The van der Waals surface area contributed by atoms with Crippen LogP contribution in [0, 0.1) is 13.8 Å². The number of aryl methyl sites for hydroxylation is 1. The number of hydrogen-bond acceptors (Lipinski definition) is 3. The van der Waals surface area contributed by atoms with Gasteiger partial charge in [0.05, 0.1) is 16.2 Å². The number of rotatable bonds is 6. The van der Waals surface area contributed by atoms with E-state index in [0.717, 1.165) is 34.4 Å². The number of aromatic nitrogens is 2. The van der Waals surface area contributed by atoms with Gasteiger partial charge in [0.2, 0.25) is 0 Å². The minimum Gasteiger partial charge on any atom is -0.319 e. The van der Waals surface area contributed by atoms with E-state index < -0.39 is 0 Å². The van der Waals surface area contributed by atoms with Crippen molar-refractivity contribution >= 4 is 54.3 Å². The van der Waals surface area contributed by atoms with E-state index in [1.807, 2.05) is 12.1 Å². The van der Waals surface area contributed by atoms with E-state index in [2.05, 4.69) is 68.2 Å². The van der Waals surface area contributed by atoms with Crippen LogP contribution in [-0.4, -0.2) is 14.5 Å². The molecular weight excluding hydrogens is 569 g/mol. The Bertz CT molecular complexity index is 1240. The molecule has 1 saturated carbocycles. The van der Waals surface area contributed by atoms with Crippen LogP contribution in [0.4, 0.5) is 5.69 Å². The van der Waals surface area contributed by atoms with Gasteiger partial charge in [0.25, 0.3) is 5.69 Å². The Morgan fingerprint density at radius 1 is 1.23 bits per heavy atom. The molecule has 0 unspecified atom stereocenters. The van der Waals surface area contributed by atoms with Crippen molar-refractivity contribution < 1.29 is 4.92 Å². The molecule has 0 aliphatic heterocycles. The molecule has 2 aromatic carbocycles. The van der Waals surface area contributed by atoms with Crippen molar-refractivity contribution in [1.29, 1.82) is 0 Å². The van der Waals surface area contributed by atoms with Gasteiger partial charge in [-0.05, 0) is 85.8 Å². The first-order chi connectivity index (χ1) is 15.0. The Balaban J connectivity index is 1.50. The van der Waals surface area contributed by atoms with Gasteiger partial charge in [-0.25, -0.2) is 4.98 Å². The fourth-order valence-corrected chi connectivity index (χ4v) is 6.07. The molecule has 31 heavy (non-hydrogen) atoms. The number of benzene rings is 2. The van der Waals surface area contributed by atoms with Gasteiger partial charge < -0.3 is 4.57 Å². The molecule has 0 amide bonds. The number of nitro benzene ring substituents is 1. The van der Waals surface area contributed by atoms with Crippen LogP contribution >= 0.6 is 38.5 Å². The maximum absolute atomic E-state index is 11.5. The number of fused-ring (bicyclic) bond motifs is 1. The molecule has 5 nitrogen and oxygen atoms in total. The molecule has 2 aliphatic rings.